The van der Waals surface area contributed by atoms with Crippen LogP contribution >= 0.6 is 0 Å². The molecule has 0 unspecified atom stereocenters. The lowest BCUT2D eigenvalue weighted by Gasteiger charge is -2.36. The third-order valence-electron chi connectivity index (χ3n) is 6.28. The third kappa shape index (κ3) is 5.14. The molecule has 5 heteroatoms. The van der Waals surface area contributed by atoms with E-state index < -0.39 is 0 Å². The Morgan fingerprint density at radius 1 is 1.07 bits per heavy atom. The highest BCUT2D eigenvalue weighted by atomic mass is 16.5. The van der Waals surface area contributed by atoms with E-state index >= 15 is 0 Å². The molecule has 0 bridgehead atoms. The van der Waals surface area contributed by atoms with Crippen LogP contribution in [0.1, 0.15) is 45.6 Å². The van der Waals surface area contributed by atoms with Crippen LogP contribution in [0.15, 0.2) is 48.5 Å². The van der Waals surface area contributed by atoms with Crippen LogP contribution in [0.3, 0.4) is 0 Å². The summed E-state index contributed by atoms with van der Waals surface area (Å²) in [6.07, 6.45) is 1.05. The number of amides is 1. The van der Waals surface area contributed by atoms with Crippen molar-refractivity contribution in [1.82, 2.24) is 0 Å². The van der Waals surface area contributed by atoms with Gasteiger partial charge in [0, 0.05) is 5.69 Å². The van der Waals surface area contributed by atoms with Crippen molar-refractivity contribution < 1.29 is 14.4 Å². The Bertz CT molecular complexity index is 831. The van der Waals surface area contributed by atoms with E-state index in [-0.39, 0.29) is 11.9 Å². The van der Waals surface area contributed by atoms with Crippen LogP contribution in [-0.2, 0) is 4.79 Å². The quantitative estimate of drug-likeness (QED) is 0.702. The van der Waals surface area contributed by atoms with Gasteiger partial charge in [0.05, 0.1) is 38.5 Å². The van der Waals surface area contributed by atoms with E-state index in [1.165, 1.54) is 10.5 Å². The molecule has 2 aromatic carbocycles. The fourth-order valence-corrected chi connectivity index (χ4v) is 4.15. The molecular formula is C25H36N3O2+. The van der Waals surface area contributed by atoms with Gasteiger partial charge in [-0.05, 0) is 49.9 Å². The predicted octanol–water partition coefficient (Wildman–Crippen LogP) is 3.33. The van der Waals surface area contributed by atoms with Crippen LogP contribution in [0.2, 0.25) is 0 Å². The number of nitrogens with zero attached hydrogens (tertiary/aromatic N) is 1. The molecule has 2 atom stereocenters. The minimum atomic E-state index is -0.0840. The van der Waals surface area contributed by atoms with Gasteiger partial charge in [0.2, 0.25) is 0 Å². The number of carbonyl (C=O) groups is 1. The Balaban J connectivity index is 1.61. The van der Waals surface area contributed by atoms with Gasteiger partial charge in [-0.3, -0.25) is 4.79 Å². The highest BCUT2D eigenvalue weighted by Gasteiger charge is 2.30. The second kappa shape index (κ2) is 10.5. The third-order valence-corrected chi connectivity index (χ3v) is 6.28. The molecule has 1 aliphatic rings. The summed E-state index contributed by atoms with van der Waals surface area (Å²) in [5, 5.41) is 3.20. The summed E-state index contributed by atoms with van der Waals surface area (Å²) < 4.78 is 5.80. The van der Waals surface area contributed by atoms with E-state index in [9.17, 15) is 4.79 Å². The molecule has 1 saturated heterocycles. The molecule has 1 fully saturated rings. The van der Waals surface area contributed by atoms with Gasteiger partial charge in [-0.15, -0.1) is 0 Å². The Hall–Kier alpha value is -2.53. The highest BCUT2D eigenvalue weighted by Crippen LogP contribution is 2.28. The summed E-state index contributed by atoms with van der Waals surface area (Å²) in [6, 6.07) is 16.3. The van der Waals surface area contributed by atoms with Gasteiger partial charge in [-0.2, -0.15) is 0 Å². The van der Waals surface area contributed by atoms with Crippen molar-refractivity contribution in [3.8, 4) is 5.75 Å². The first-order valence-corrected chi connectivity index (χ1v) is 11.3. The number of para-hydroxylation sites is 3. The first-order chi connectivity index (χ1) is 14.5. The molecule has 1 amide bonds. The van der Waals surface area contributed by atoms with Crippen LogP contribution in [0, 0.1) is 0 Å². The molecule has 0 aromatic heterocycles. The Morgan fingerprint density at radius 2 is 1.73 bits per heavy atom. The maximum Gasteiger partial charge on any atom is 0.282 e. The van der Waals surface area contributed by atoms with E-state index in [2.05, 4.69) is 42.3 Å². The first kappa shape index (κ1) is 22.2. The van der Waals surface area contributed by atoms with Gasteiger partial charge in [0.15, 0.2) is 6.04 Å². The molecular weight excluding hydrogens is 374 g/mol. The SMILES string of the molecule is CCOc1ccccc1N1CC[NH+]([C@@H](C)C(=O)Nc2ccccc2[C@H](C)CC)CC1. The standard InChI is InChI=1S/C25H35N3O2/c1-5-19(3)21-11-7-8-12-22(21)26-25(29)20(4)27-15-17-28(18-16-27)23-13-9-10-14-24(23)30-6-2/h7-14,19-20H,5-6,15-18H2,1-4H3,(H,26,29)/p+1/t19-,20+/m1/s1. The predicted molar refractivity (Wildman–Crippen MR) is 124 cm³/mol. The zero-order chi connectivity index (χ0) is 21.5. The molecule has 2 aromatic rings. The van der Waals surface area contributed by atoms with Crippen molar-refractivity contribution in [1.29, 1.82) is 0 Å². The van der Waals surface area contributed by atoms with Crippen molar-refractivity contribution in [3.05, 3.63) is 54.1 Å². The summed E-state index contributed by atoms with van der Waals surface area (Å²) in [6.45, 7) is 12.8. The van der Waals surface area contributed by atoms with E-state index in [4.69, 9.17) is 4.74 Å². The maximum atomic E-state index is 13.0. The number of ether oxygens (including phenoxy) is 1. The number of nitrogens with one attached hydrogen (secondary N) is 2. The lowest BCUT2D eigenvalue weighted by molar-refractivity contribution is -0.914. The van der Waals surface area contributed by atoms with Crippen molar-refractivity contribution in [3.63, 3.8) is 0 Å². The van der Waals surface area contributed by atoms with Crippen LogP contribution in [0.25, 0.3) is 0 Å². The van der Waals surface area contributed by atoms with E-state index in [1.807, 2.05) is 44.2 Å². The molecule has 162 valence electrons. The molecule has 5 nitrogen and oxygen atoms in total. The molecule has 1 heterocycles. The summed E-state index contributed by atoms with van der Waals surface area (Å²) >= 11 is 0. The molecule has 30 heavy (non-hydrogen) atoms. The number of hydrogen-bond acceptors (Lipinski definition) is 3. The average Bonchev–Trinajstić information content (AvgIpc) is 2.79. The van der Waals surface area contributed by atoms with E-state index in [0.29, 0.717) is 12.5 Å². The summed E-state index contributed by atoms with van der Waals surface area (Å²) in [5.41, 5.74) is 3.32. The summed E-state index contributed by atoms with van der Waals surface area (Å²) in [7, 11) is 0. The highest BCUT2D eigenvalue weighted by molar-refractivity contribution is 5.94. The van der Waals surface area contributed by atoms with Crippen molar-refractivity contribution in [2.24, 2.45) is 0 Å². The normalized spacial score (nSPS) is 16.7. The lowest BCUT2D eigenvalue weighted by Crippen LogP contribution is -3.19. The molecule has 3 rings (SSSR count). The van der Waals surface area contributed by atoms with E-state index in [1.54, 1.807) is 0 Å². The fourth-order valence-electron chi connectivity index (χ4n) is 4.15. The van der Waals surface area contributed by atoms with Crippen molar-refractivity contribution in [2.45, 2.75) is 46.1 Å². The number of benzene rings is 2. The zero-order valence-electron chi connectivity index (χ0n) is 18.8. The molecule has 1 aliphatic heterocycles. The minimum Gasteiger partial charge on any atom is -0.492 e. The Kier molecular flexibility index (Phi) is 7.75. The molecule has 0 saturated carbocycles. The number of hydrogen-bond donors (Lipinski definition) is 2. The summed E-state index contributed by atoms with van der Waals surface area (Å²) in [4.78, 5) is 16.7. The van der Waals surface area contributed by atoms with Crippen LogP contribution in [0.4, 0.5) is 11.4 Å². The Morgan fingerprint density at radius 3 is 2.43 bits per heavy atom. The first-order valence-electron chi connectivity index (χ1n) is 11.3. The second-order valence-electron chi connectivity index (χ2n) is 8.15. The number of carbonyl (C=O) groups excluding carboxylic acids is 1. The number of piperazine rings is 1. The smallest absolute Gasteiger partial charge is 0.282 e. The molecule has 0 aliphatic carbocycles. The topological polar surface area (TPSA) is 46.0 Å². The maximum absolute atomic E-state index is 13.0. The minimum absolute atomic E-state index is 0.0840. The van der Waals surface area contributed by atoms with Gasteiger partial charge in [0.25, 0.3) is 5.91 Å². The Labute approximate surface area is 181 Å². The number of rotatable bonds is 8. The largest absolute Gasteiger partial charge is 0.492 e. The van der Waals surface area contributed by atoms with Gasteiger partial charge >= 0.3 is 0 Å². The zero-order valence-corrected chi connectivity index (χ0v) is 18.8. The van der Waals surface area contributed by atoms with Gasteiger partial charge in [-0.25, -0.2) is 0 Å². The second-order valence-corrected chi connectivity index (χ2v) is 8.15. The number of anilines is 2. The molecule has 2 N–H and O–H groups in total. The average molecular weight is 411 g/mol. The van der Waals surface area contributed by atoms with Crippen LogP contribution in [0.5, 0.6) is 5.75 Å². The fraction of sp³-hybridized carbons (Fsp3) is 0.480. The van der Waals surface area contributed by atoms with Crippen LogP contribution in [-0.4, -0.2) is 44.7 Å². The number of quaternary nitrogens is 1. The van der Waals surface area contributed by atoms with E-state index in [0.717, 1.165) is 49.7 Å². The van der Waals surface area contributed by atoms with Gasteiger partial charge in [0.1, 0.15) is 5.75 Å². The van der Waals surface area contributed by atoms with Crippen LogP contribution < -0.4 is 19.9 Å². The van der Waals surface area contributed by atoms with Crippen molar-refractivity contribution in [2.75, 3.05) is 43.0 Å². The van der Waals surface area contributed by atoms with Gasteiger partial charge < -0.3 is 19.9 Å². The molecule has 0 spiro atoms. The molecule has 0 radical (unpaired) electrons. The summed E-state index contributed by atoms with van der Waals surface area (Å²) in [5.74, 6) is 1.47. The van der Waals surface area contributed by atoms with Crippen molar-refractivity contribution >= 4 is 17.3 Å². The lowest BCUT2D eigenvalue weighted by atomic mass is 9.97. The van der Waals surface area contributed by atoms with Gasteiger partial charge in [-0.1, -0.05) is 44.2 Å². The monoisotopic (exact) mass is 410 g/mol.